The molecule has 0 atom stereocenters. The number of hydrogen-bond acceptors (Lipinski definition) is 4. The first kappa shape index (κ1) is 22.6. The van der Waals surface area contributed by atoms with E-state index in [1.165, 1.54) is 0 Å². The molecular formula is C10H19NO4SY-2. The Morgan fingerprint density at radius 2 is 1.82 bits per heavy atom. The molecule has 0 aliphatic heterocycles. The molecule has 7 heteroatoms. The van der Waals surface area contributed by atoms with E-state index in [0.29, 0.717) is 23.0 Å². The molecule has 0 amide bonds. The molecule has 0 aromatic rings. The van der Waals surface area contributed by atoms with Crippen LogP contribution in [0.3, 0.4) is 0 Å². The summed E-state index contributed by atoms with van der Waals surface area (Å²) in [7, 11) is 3.39. The van der Waals surface area contributed by atoms with Crippen LogP contribution in [-0.2, 0) is 47.6 Å². The van der Waals surface area contributed by atoms with Crippen molar-refractivity contribution in [3.05, 3.63) is 19.2 Å². The number of nitrogens with zero attached hydrogens (tertiary/aromatic N) is 1. The monoisotopic (exact) mass is 338 g/mol. The molecule has 0 unspecified atom stereocenters. The predicted octanol–water partition coefficient (Wildman–Crippen LogP) is 0.459. The quantitative estimate of drug-likeness (QED) is 0.316. The second-order valence-electron chi connectivity index (χ2n) is 4.16. The van der Waals surface area contributed by atoms with Crippen LogP contribution in [0.15, 0.2) is 12.2 Å². The summed E-state index contributed by atoms with van der Waals surface area (Å²) in [6.07, 6.45) is 1.96. The minimum Gasteiger partial charge on any atom is -0.748 e. The van der Waals surface area contributed by atoms with Crippen molar-refractivity contribution < 1.29 is 55.0 Å². The summed E-state index contributed by atoms with van der Waals surface area (Å²) in [5.41, 5.74) is 0.449. The Labute approximate surface area is 129 Å². The first-order valence-corrected chi connectivity index (χ1v) is 6.20. The number of allylic oxidation sites excluding steroid dienone is 1. The molecule has 17 heavy (non-hydrogen) atoms. The molecule has 1 radical (unpaired) electrons. The second kappa shape index (κ2) is 10.3. The van der Waals surface area contributed by atoms with Crippen LogP contribution in [-0.4, -0.2) is 50.1 Å². The molecule has 0 aliphatic rings. The summed E-state index contributed by atoms with van der Waals surface area (Å²) in [6, 6.07) is 0. The molecule has 0 aliphatic carbocycles. The third-order valence-corrected chi connectivity index (χ3v) is 2.12. The summed E-state index contributed by atoms with van der Waals surface area (Å²) < 4.78 is 30.8. The Bertz CT molecular complexity index is 320. The molecule has 0 saturated carbocycles. The first-order chi connectivity index (χ1) is 6.98. The SMILES string of the molecule is C=C(C)[C-]=O.[CH2-][N+](C)(C)CCCS(=O)(=O)[O-].[Y]. The first-order valence-electron chi connectivity index (χ1n) is 4.62. The van der Waals surface area contributed by atoms with E-state index in [2.05, 4.69) is 13.6 Å². The molecule has 0 aromatic carbocycles. The third kappa shape index (κ3) is 31.4. The molecule has 0 aromatic heterocycles. The summed E-state index contributed by atoms with van der Waals surface area (Å²) in [4.78, 5) is 9.28. The van der Waals surface area contributed by atoms with E-state index in [1.807, 2.05) is 14.1 Å². The molecule has 99 valence electrons. The smallest absolute Gasteiger partial charge is 0.0948 e. The van der Waals surface area contributed by atoms with Gasteiger partial charge in [0.2, 0.25) is 0 Å². The van der Waals surface area contributed by atoms with Gasteiger partial charge in [0.05, 0.1) is 16.7 Å². The summed E-state index contributed by atoms with van der Waals surface area (Å²) >= 11 is 0. The van der Waals surface area contributed by atoms with Gasteiger partial charge in [0, 0.05) is 59.0 Å². The van der Waals surface area contributed by atoms with E-state index in [1.54, 1.807) is 13.2 Å². The summed E-state index contributed by atoms with van der Waals surface area (Å²) in [6.45, 7) is 5.45. The second-order valence-corrected chi connectivity index (χ2v) is 5.68. The number of quaternary nitrogens is 1. The van der Waals surface area contributed by atoms with Gasteiger partial charge in [0.1, 0.15) is 0 Å². The van der Waals surface area contributed by atoms with Crippen LogP contribution in [0, 0.1) is 7.05 Å². The van der Waals surface area contributed by atoms with Crippen LogP contribution in [0.2, 0.25) is 0 Å². The normalized spacial score (nSPS) is 10.6. The topological polar surface area (TPSA) is 74.3 Å². The molecular weight excluding hydrogens is 319 g/mol. The van der Waals surface area contributed by atoms with Gasteiger partial charge < -0.3 is 13.8 Å². The zero-order valence-electron chi connectivity index (χ0n) is 10.6. The fourth-order valence-corrected chi connectivity index (χ4v) is 1.15. The Kier molecular flexibility index (Phi) is 13.7. The van der Waals surface area contributed by atoms with Crippen LogP contribution in [0.4, 0.5) is 0 Å². The third-order valence-electron chi connectivity index (χ3n) is 1.33. The van der Waals surface area contributed by atoms with Gasteiger partial charge in [0.15, 0.2) is 0 Å². The molecule has 0 rings (SSSR count). The van der Waals surface area contributed by atoms with E-state index in [0.717, 1.165) is 0 Å². The van der Waals surface area contributed by atoms with Crippen LogP contribution >= 0.6 is 0 Å². The van der Waals surface area contributed by atoms with Crippen molar-refractivity contribution in [2.75, 3.05) is 26.4 Å². The standard InChI is InChI=1S/C6H15NO3S.C4H5O.Y/c1-7(2,3)5-4-6-11(8,9)10;1-4(2)3-5;/h1,4-6H2,2-3H3,(H,8,9,10);1H2,2H3;/q;-1;/p-1. The number of hydrogen-bond donors (Lipinski definition) is 0. The average Bonchev–Trinajstić information content (AvgIpc) is 2.00. The van der Waals surface area contributed by atoms with E-state index >= 15 is 0 Å². The largest absolute Gasteiger partial charge is 0.748 e. The summed E-state index contributed by atoms with van der Waals surface area (Å²) in [5, 5.41) is 0. The zero-order valence-corrected chi connectivity index (χ0v) is 14.3. The molecule has 0 fully saturated rings. The maximum Gasteiger partial charge on any atom is 0.0948 e. The van der Waals surface area contributed by atoms with Gasteiger partial charge in [-0.25, -0.2) is 15.0 Å². The van der Waals surface area contributed by atoms with Gasteiger partial charge in [-0.15, -0.1) is 7.05 Å². The van der Waals surface area contributed by atoms with Crippen LogP contribution < -0.4 is 0 Å². The summed E-state index contributed by atoms with van der Waals surface area (Å²) in [5.74, 6) is -0.288. The Morgan fingerprint density at radius 3 is 2.00 bits per heavy atom. The molecule has 0 heterocycles. The molecule has 0 bridgehead atoms. The van der Waals surface area contributed by atoms with E-state index in [-0.39, 0.29) is 38.5 Å². The van der Waals surface area contributed by atoms with Crippen LogP contribution in [0.1, 0.15) is 13.3 Å². The van der Waals surface area contributed by atoms with Crippen molar-refractivity contribution in [1.82, 2.24) is 0 Å². The molecule has 5 nitrogen and oxygen atoms in total. The maximum absolute atomic E-state index is 10.1. The Morgan fingerprint density at radius 1 is 1.47 bits per heavy atom. The van der Waals surface area contributed by atoms with Crippen molar-refractivity contribution in [3.8, 4) is 0 Å². The van der Waals surface area contributed by atoms with E-state index in [4.69, 9.17) is 0 Å². The van der Waals surface area contributed by atoms with Crippen molar-refractivity contribution in [2.24, 2.45) is 0 Å². The molecule has 0 saturated heterocycles. The van der Waals surface area contributed by atoms with Crippen molar-refractivity contribution in [3.63, 3.8) is 0 Å². The predicted molar refractivity (Wildman–Crippen MR) is 62.0 cm³/mol. The van der Waals surface area contributed by atoms with Crippen molar-refractivity contribution in [2.45, 2.75) is 13.3 Å². The average molecular weight is 338 g/mol. The van der Waals surface area contributed by atoms with Gasteiger partial charge in [-0.05, 0) is 6.29 Å². The van der Waals surface area contributed by atoms with Gasteiger partial charge in [-0.3, -0.25) is 0 Å². The van der Waals surface area contributed by atoms with Crippen LogP contribution in [0.5, 0.6) is 0 Å². The molecule has 0 N–H and O–H groups in total. The van der Waals surface area contributed by atoms with E-state index in [9.17, 15) is 17.8 Å². The number of rotatable bonds is 5. The van der Waals surface area contributed by atoms with Gasteiger partial charge in [-0.2, -0.15) is 5.57 Å². The minimum atomic E-state index is -4.03. The minimum absolute atomic E-state index is 0. The van der Waals surface area contributed by atoms with Gasteiger partial charge in [0.25, 0.3) is 0 Å². The molecule has 0 spiro atoms. The van der Waals surface area contributed by atoms with E-state index < -0.39 is 10.1 Å². The van der Waals surface area contributed by atoms with Crippen molar-refractivity contribution in [1.29, 1.82) is 0 Å². The van der Waals surface area contributed by atoms with Gasteiger partial charge >= 0.3 is 0 Å². The fraction of sp³-hybridized carbons (Fsp3) is 0.600. The number of carbonyl (C=O) groups excluding carboxylic acids is 1. The Balaban J connectivity index is -0.000000280. The fourth-order valence-electron chi connectivity index (χ4n) is 0.669. The Hall–Kier alpha value is 0.384. The zero-order chi connectivity index (χ0) is 13.4. The van der Waals surface area contributed by atoms with Crippen molar-refractivity contribution >= 4 is 16.4 Å². The van der Waals surface area contributed by atoms with Gasteiger partial charge in [-0.1, -0.05) is 6.92 Å². The maximum atomic E-state index is 10.1. The van der Waals surface area contributed by atoms with Crippen LogP contribution in [0.25, 0.3) is 0 Å².